The smallest absolute Gasteiger partial charge is 0.00206 e. The second kappa shape index (κ2) is 12.9. The van der Waals surface area contributed by atoms with Crippen LogP contribution in [-0.2, 0) is 0 Å². The Kier molecular flexibility index (Phi) is 7.11. The quantitative estimate of drug-likeness (QED) is 0.153. The summed E-state index contributed by atoms with van der Waals surface area (Å²) in [6.45, 7) is 0. The van der Waals surface area contributed by atoms with Gasteiger partial charge in [-0.05, 0) is 143 Å². The predicted octanol–water partition coefficient (Wildman–Crippen LogP) is 17.0. The largest absolute Gasteiger partial charge is 0.0622 e. The predicted molar refractivity (Wildman–Crippen MR) is 259 cm³/mol. The highest BCUT2D eigenvalue weighted by Crippen LogP contribution is 2.49. The lowest BCUT2D eigenvalue weighted by Gasteiger charge is -2.22. The highest BCUT2D eigenvalue weighted by Gasteiger charge is 2.22. The molecule has 0 spiro atoms. The van der Waals surface area contributed by atoms with Crippen LogP contribution in [0.2, 0.25) is 0 Å². The first-order chi connectivity index (χ1) is 29.8. The van der Waals surface area contributed by atoms with E-state index in [4.69, 9.17) is 0 Å². The second-order valence-corrected chi connectivity index (χ2v) is 16.3. The van der Waals surface area contributed by atoms with Crippen molar-refractivity contribution in [2.24, 2.45) is 0 Å². The Morgan fingerprint density at radius 3 is 1.27 bits per heavy atom. The molecule has 0 bridgehead atoms. The maximum atomic E-state index is 2.49. The molecule has 13 rings (SSSR count). The van der Waals surface area contributed by atoms with Crippen LogP contribution in [0.25, 0.3) is 131 Å². The Morgan fingerprint density at radius 1 is 0.183 bits per heavy atom. The van der Waals surface area contributed by atoms with E-state index in [-0.39, 0.29) is 0 Å². The summed E-state index contributed by atoms with van der Waals surface area (Å²) in [6, 6.07) is 81.6. The molecule has 276 valence electrons. The normalized spacial score (nSPS) is 12.0. The van der Waals surface area contributed by atoms with Gasteiger partial charge < -0.3 is 0 Å². The summed E-state index contributed by atoms with van der Waals surface area (Å²) in [4.78, 5) is 0. The van der Waals surface area contributed by atoms with Crippen molar-refractivity contribution in [3.8, 4) is 55.6 Å². The van der Waals surface area contributed by atoms with E-state index in [1.165, 1.54) is 131 Å². The van der Waals surface area contributed by atoms with Crippen molar-refractivity contribution < 1.29 is 0 Å². The summed E-state index contributed by atoms with van der Waals surface area (Å²) in [5.41, 5.74) is 12.3. The SMILES string of the molecule is c1ccc(-c2cc(-c3ccc4ccc5cccc6ccc3c4c56)ccc2-c2cc(-c3ccc4ccc5cccc6ccc3c4c56)c3ccccc3c2-c2ccccc2)cc1. The fraction of sp³-hybridized carbons (Fsp3) is 0. The van der Waals surface area contributed by atoms with E-state index in [1.54, 1.807) is 0 Å². The molecule has 0 nitrogen and oxygen atoms in total. The van der Waals surface area contributed by atoms with Gasteiger partial charge >= 0.3 is 0 Å². The minimum atomic E-state index is 1.20. The number of benzene rings is 13. The zero-order chi connectivity index (χ0) is 39.3. The number of fused-ring (bicyclic) bond motifs is 1. The van der Waals surface area contributed by atoms with E-state index in [9.17, 15) is 0 Å². The fourth-order valence-electron chi connectivity index (χ4n) is 10.5. The van der Waals surface area contributed by atoms with Crippen LogP contribution in [-0.4, -0.2) is 0 Å². The highest BCUT2D eigenvalue weighted by molar-refractivity contribution is 6.28. The maximum absolute atomic E-state index is 2.49. The van der Waals surface area contributed by atoms with Gasteiger partial charge in [0.1, 0.15) is 0 Å². The summed E-state index contributed by atoms with van der Waals surface area (Å²) in [5, 5.41) is 18.1. The molecule has 60 heavy (non-hydrogen) atoms. The van der Waals surface area contributed by atoms with Crippen LogP contribution in [0.5, 0.6) is 0 Å². The first-order valence-electron chi connectivity index (χ1n) is 20.9. The minimum Gasteiger partial charge on any atom is -0.0622 e. The lowest BCUT2D eigenvalue weighted by molar-refractivity contribution is 1.57. The van der Waals surface area contributed by atoms with Crippen LogP contribution < -0.4 is 0 Å². The van der Waals surface area contributed by atoms with Crippen molar-refractivity contribution in [3.05, 3.63) is 218 Å². The molecule has 0 N–H and O–H groups in total. The fourth-order valence-corrected chi connectivity index (χ4v) is 10.5. The van der Waals surface area contributed by atoms with Gasteiger partial charge in [-0.15, -0.1) is 0 Å². The molecule has 0 saturated heterocycles. The van der Waals surface area contributed by atoms with Crippen molar-refractivity contribution >= 4 is 75.4 Å². The van der Waals surface area contributed by atoms with Gasteiger partial charge in [-0.2, -0.15) is 0 Å². The molecule has 0 amide bonds. The van der Waals surface area contributed by atoms with E-state index in [0.717, 1.165) is 0 Å². The summed E-state index contributed by atoms with van der Waals surface area (Å²) in [6.07, 6.45) is 0. The van der Waals surface area contributed by atoms with Crippen LogP contribution in [0.1, 0.15) is 0 Å². The topological polar surface area (TPSA) is 0 Å². The summed E-state index contributed by atoms with van der Waals surface area (Å²) in [7, 11) is 0. The first kappa shape index (κ1) is 33.2. The molecule has 0 aliphatic rings. The molecular weight excluding hydrogens is 721 g/mol. The third-order valence-electron chi connectivity index (χ3n) is 13.2. The lowest BCUT2D eigenvalue weighted by Crippen LogP contribution is -1.95. The zero-order valence-electron chi connectivity index (χ0n) is 32.8. The third-order valence-corrected chi connectivity index (χ3v) is 13.2. The van der Waals surface area contributed by atoms with Gasteiger partial charge in [0.2, 0.25) is 0 Å². The number of hydrogen-bond acceptors (Lipinski definition) is 0. The maximum Gasteiger partial charge on any atom is -0.00206 e. The van der Waals surface area contributed by atoms with Gasteiger partial charge in [-0.3, -0.25) is 0 Å². The molecule has 0 aliphatic carbocycles. The molecule has 0 aliphatic heterocycles. The molecule has 0 fully saturated rings. The molecule has 13 aromatic carbocycles. The molecule has 0 radical (unpaired) electrons. The standard InChI is InChI=1S/C60H36/c1-3-11-37(12-4-1)53-35-45(46-30-25-43-23-21-39-15-9-17-41-27-33-51(46)59(43)56(39)41)29-32-49(53)55-36-54(47-19-7-8-20-50(47)58(55)38-13-5-2-6-14-38)48-31-26-44-24-22-40-16-10-18-42-28-34-52(48)60(44)57(40)42/h1-36H. The summed E-state index contributed by atoms with van der Waals surface area (Å²) >= 11 is 0. The van der Waals surface area contributed by atoms with Crippen LogP contribution >= 0.6 is 0 Å². The second-order valence-electron chi connectivity index (χ2n) is 16.3. The van der Waals surface area contributed by atoms with E-state index >= 15 is 0 Å². The van der Waals surface area contributed by atoms with Crippen LogP contribution in [0.15, 0.2) is 218 Å². The van der Waals surface area contributed by atoms with Gasteiger partial charge in [-0.25, -0.2) is 0 Å². The minimum absolute atomic E-state index is 1.20. The van der Waals surface area contributed by atoms with Crippen molar-refractivity contribution in [2.75, 3.05) is 0 Å². The Morgan fingerprint density at radius 2 is 0.650 bits per heavy atom. The molecule has 0 unspecified atom stereocenters. The first-order valence-corrected chi connectivity index (χ1v) is 20.9. The molecule has 13 aromatic rings. The van der Waals surface area contributed by atoms with Crippen LogP contribution in [0, 0.1) is 0 Å². The molecule has 0 aromatic heterocycles. The van der Waals surface area contributed by atoms with Crippen molar-refractivity contribution in [1.82, 2.24) is 0 Å². The van der Waals surface area contributed by atoms with E-state index < -0.39 is 0 Å². The molecule has 0 atom stereocenters. The van der Waals surface area contributed by atoms with Gasteiger partial charge in [-0.1, -0.05) is 206 Å². The van der Waals surface area contributed by atoms with Gasteiger partial charge in [0, 0.05) is 0 Å². The number of rotatable bonds is 5. The lowest BCUT2D eigenvalue weighted by atomic mass is 9.81. The monoisotopic (exact) mass is 756 g/mol. The van der Waals surface area contributed by atoms with Crippen LogP contribution in [0.4, 0.5) is 0 Å². The summed E-state index contributed by atoms with van der Waals surface area (Å²) in [5.74, 6) is 0. The zero-order valence-corrected chi connectivity index (χ0v) is 32.8. The molecule has 0 saturated carbocycles. The average Bonchev–Trinajstić information content (AvgIpc) is 3.32. The average molecular weight is 757 g/mol. The highest BCUT2D eigenvalue weighted by atomic mass is 14.3. The van der Waals surface area contributed by atoms with Crippen molar-refractivity contribution in [3.63, 3.8) is 0 Å². The van der Waals surface area contributed by atoms with E-state index in [2.05, 4.69) is 218 Å². The van der Waals surface area contributed by atoms with E-state index in [0.29, 0.717) is 0 Å². The Labute approximate surface area is 347 Å². The molecule has 0 heterocycles. The van der Waals surface area contributed by atoms with Gasteiger partial charge in [0.05, 0.1) is 0 Å². The Hall–Kier alpha value is -7.80. The Balaban J connectivity index is 1.12. The molecule has 0 heteroatoms. The summed E-state index contributed by atoms with van der Waals surface area (Å²) < 4.78 is 0. The van der Waals surface area contributed by atoms with Gasteiger partial charge in [0.25, 0.3) is 0 Å². The van der Waals surface area contributed by atoms with Crippen molar-refractivity contribution in [2.45, 2.75) is 0 Å². The van der Waals surface area contributed by atoms with Crippen molar-refractivity contribution in [1.29, 1.82) is 0 Å². The van der Waals surface area contributed by atoms with E-state index in [1.807, 2.05) is 0 Å². The van der Waals surface area contributed by atoms with Crippen LogP contribution in [0.3, 0.4) is 0 Å². The van der Waals surface area contributed by atoms with Gasteiger partial charge in [0.15, 0.2) is 0 Å². The third kappa shape index (κ3) is 4.86. The number of hydrogen-bond donors (Lipinski definition) is 0. The Bertz CT molecular complexity index is 3770. The molecular formula is C60H36.